The molecule has 0 unspecified atom stereocenters. The van der Waals surface area contributed by atoms with E-state index in [1.54, 1.807) is 12.1 Å². The fraction of sp³-hybridized carbons (Fsp3) is 0.158. The van der Waals surface area contributed by atoms with Crippen molar-refractivity contribution in [3.05, 3.63) is 70.9 Å². The van der Waals surface area contributed by atoms with Gasteiger partial charge < -0.3 is 10.2 Å². The van der Waals surface area contributed by atoms with Gasteiger partial charge in [0, 0.05) is 37.0 Å². The van der Waals surface area contributed by atoms with Gasteiger partial charge in [-0.2, -0.15) is 13.5 Å². The van der Waals surface area contributed by atoms with Gasteiger partial charge >= 0.3 is 0 Å². The van der Waals surface area contributed by atoms with E-state index in [4.69, 9.17) is 11.6 Å². The van der Waals surface area contributed by atoms with Crippen LogP contribution in [0, 0.1) is 0 Å². The molecule has 1 aromatic heterocycles. The largest absolute Gasteiger partial charge is 0.378 e. The Morgan fingerprint density at radius 3 is 2.38 bits per heavy atom. The van der Waals surface area contributed by atoms with Gasteiger partial charge in [0.2, 0.25) is 0 Å². The van der Waals surface area contributed by atoms with Gasteiger partial charge in [-0.05, 0) is 42.0 Å². The minimum Gasteiger partial charge on any atom is -0.378 e. The molecular formula is C19H20ClN5O3S. The summed E-state index contributed by atoms with van der Waals surface area (Å²) in [5.74, 6) is -0.549. The number of amides is 1. The van der Waals surface area contributed by atoms with E-state index >= 15 is 0 Å². The zero-order valence-electron chi connectivity index (χ0n) is 15.8. The molecule has 0 aliphatic heterocycles. The van der Waals surface area contributed by atoms with E-state index in [0.29, 0.717) is 10.7 Å². The average Bonchev–Trinajstić information content (AvgIpc) is 3.19. The lowest BCUT2D eigenvalue weighted by Crippen LogP contribution is -2.25. The zero-order valence-corrected chi connectivity index (χ0v) is 17.4. The molecule has 1 heterocycles. The van der Waals surface area contributed by atoms with Crippen LogP contribution in [0.15, 0.2) is 59.8 Å². The molecule has 29 heavy (non-hydrogen) atoms. The van der Waals surface area contributed by atoms with Crippen LogP contribution in [0.25, 0.3) is 0 Å². The highest BCUT2D eigenvalue weighted by molar-refractivity contribution is 7.92. The van der Waals surface area contributed by atoms with Crippen LogP contribution < -0.4 is 14.9 Å². The molecular weight excluding hydrogens is 414 g/mol. The Morgan fingerprint density at radius 1 is 1.10 bits per heavy atom. The summed E-state index contributed by atoms with van der Waals surface area (Å²) in [5, 5.41) is 8.98. The second kappa shape index (κ2) is 8.54. The van der Waals surface area contributed by atoms with E-state index in [-0.39, 0.29) is 17.1 Å². The molecule has 3 rings (SSSR count). The molecule has 2 aromatic carbocycles. The van der Waals surface area contributed by atoms with E-state index < -0.39 is 15.9 Å². The van der Waals surface area contributed by atoms with Crippen molar-refractivity contribution in [2.24, 2.45) is 0 Å². The molecule has 0 saturated heterocycles. The molecule has 0 aliphatic rings. The third-order valence-electron chi connectivity index (χ3n) is 4.12. The Morgan fingerprint density at radius 2 is 1.76 bits per heavy atom. The molecule has 0 radical (unpaired) electrons. The van der Waals surface area contributed by atoms with E-state index in [1.165, 1.54) is 18.3 Å². The van der Waals surface area contributed by atoms with Crippen LogP contribution >= 0.6 is 11.6 Å². The summed E-state index contributed by atoms with van der Waals surface area (Å²) in [7, 11) is -0.154. The molecule has 8 nitrogen and oxygen atoms in total. The highest BCUT2D eigenvalue weighted by Gasteiger charge is 2.25. The maximum Gasteiger partial charge on any atom is 0.279 e. The van der Waals surface area contributed by atoms with Crippen LogP contribution in [0.2, 0.25) is 5.02 Å². The van der Waals surface area contributed by atoms with E-state index in [9.17, 15) is 13.2 Å². The van der Waals surface area contributed by atoms with Gasteiger partial charge in [0.1, 0.15) is 0 Å². The number of H-pyrrole nitrogens is 1. The number of nitrogens with zero attached hydrogens (tertiary/aromatic N) is 2. The quantitative estimate of drug-likeness (QED) is 0.531. The van der Waals surface area contributed by atoms with E-state index in [0.717, 1.165) is 11.3 Å². The average molecular weight is 434 g/mol. The number of hydrogen-bond acceptors (Lipinski definition) is 5. The number of sulfonamides is 1. The van der Waals surface area contributed by atoms with Crippen molar-refractivity contribution in [3.63, 3.8) is 0 Å². The van der Waals surface area contributed by atoms with Gasteiger partial charge in [0.15, 0.2) is 5.03 Å². The molecule has 3 aromatic rings. The molecule has 0 atom stereocenters. The number of halogens is 1. The highest BCUT2D eigenvalue weighted by atomic mass is 35.5. The van der Waals surface area contributed by atoms with E-state index in [2.05, 4.69) is 20.2 Å². The van der Waals surface area contributed by atoms with Crippen LogP contribution in [0.4, 0.5) is 11.4 Å². The fourth-order valence-corrected chi connectivity index (χ4v) is 3.84. The topological polar surface area (TPSA) is 107 Å². The number of benzene rings is 2. The Kier molecular flexibility index (Phi) is 6.09. The summed E-state index contributed by atoms with van der Waals surface area (Å²) in [5.41, 5.74) is 2.17. The Labute approximate surface area is 173 Å². The molecule has 0 saturated carbocycles. The van der Waals surface area contributed by atoms with Crippen molar-refractivity contribution in [2.45, 2.75) is 11.6 Å². The zero-order chi connectivity index (χ0) is 21.0. The minimum absolute atomic E-state index is 0.0728. The summed E-state index contributed by atoms with van der Waals surface area (Å²) >= 11 is 5.81. The highest BCUT2D eigenvalue weighted by Crippen LogP contribution is 2.19. The number of nitrogens with one attached hydrogen (secondary N) is 3. The van der Waals surface area contributed by atoms with Crippen molar-refractivity contribution < 1.29 is 13.2 Å². The molecule has 3 N–H and O–H groups in total. The number of hydrogen-bond donors (Lipinski definition) is 3. The number of carbonyl (C=O) groups excluding carboxylic acids is 1. The fourth-order valence-electron chi connectivity index (χ4n) is 2.55. The molecule has 0 bridgehead atoms. The molecule has 0 aliphatic carbocycles. The number of aromatic nitrogens is 2. The normalized spacial score (nSPS) is 11.1. The summed E-state index contributed by atoms with van der Waals surface area (Å²) in [6.07, 6.45) is 1.18. The number of anilines is 2. The van der Waals surface area contributed by atoms with Crippen molar-refractivity contribution in [2.75, 3.05) is 23.7 Å². The number of aromatic amines is 1. The summed E-state index contributed by atoms with van der Waals surface area (Å²) < 4.78 is 27.7. The first-order chi connectivity index (χ1) is 13.8. The van der Waals surface area contributed by atoms with Gasteiger partial charge in [-0.25, -0.2) is 0 Å². The Hall–Kier alpha value is -3.04. The first-order valence-corrected chi connectivity index (χ1v) is 10.5. The molecule has 10 heteroatoms. The second-order valence-electron chi connectivity index (χ2n) is 6.47. The maximum absolute atomic E-state index is 12.6. The van der Waals surface area contributed by atoms with Crippen molar-refractivity contribution in [1.29, 1.82) is 0 Å². The maximum atomic E-state index is 12.6. The number of rotatable bonds is 7. The van der Waals surface area contributed by atoms with Crippen LogP contribution in [-0.4, -0.2) is 38.6 Å². The Balaban J connectivity index is 1.71. The predicted molar refractivity (Wildman–Crippen MR) is 113 cm³/mol. The first-order valence-electron chi connectivity index (χ1n) is 8.62. The van der Waals surface area contributed by atoms with Gasteiger partial charge in [0.25, 0.3) is 15.9 Å². The monoisotopic (exact) mass is 433 g/mol. The first kappa shape index (κ1) is 20.7. The standard InChI is InChI=1S/C19H20ClN5O3S/c1-25(2)16-9-3-13(4-10-16)11-21-18(26)17-12-22-23-19(17)29(27,28)24-15-7-5-14(20)6-8-15/h3-10,12,24H,11H2,1-2H3,(H,21,26)(H,22,23). The summed E-state index contributed by atoms with van der Waals surface area (Å²) in [4.78, 5) is 14.5. The van der Waals surface area contributed by atoms with Crippen LogP contribution in [-0.2, 0) is 16.6 Å². The minimum atomic E-state index is -4.03. The van der Waals surface area contributed by atoms with Crippen molar-refractivity contribution in [3.8, 4) is 0 Å². The molecule has 152 valence electrons. The SMILES string of the molecule is CN(C)c1ccc(CNC(=O)c2cn[nH]c2S(=O)(=O)Nc2ccc(Cl)cc2)cc1. The third kappa shape index (κ3) is 5.07. The van der Waals surface area contributed by atoms with Gasteiger partial charge in [-0.1, -0.05) is 23.7 Å². The van der Waals surface area contributed by atoms with Crippen molar-refractivity contribution in [1.82, 2.24) is 15.5 Å². The van der Waals surface area contributed by atoms with Crippen LogP contribution in [0.1, 0.15) is 15.9 Å². The molecule has 0 fully saturated rings. The van der Waals surface area contributed by atoms with Crippen LogP contribution in [0.5, 0.6) is 0 Å². The summed E-state index contributed by atoms with van der Waals surface area (Å²) in [6, 6.07) is 13.8. The summed E-state index contributed by atoms with van der Waals surface area (Å²) in [6.45, 7) is 0.252. The Bertz CT molecular complexity index is 1090. The molecule has 1 amide bonds. The van der Waals surface area contributed by atoms with Crippen LogP contribution in [0.3, 0.4) is 0 Å². The predicted octanol–water partition coefficient (Wildman–Crippen LogP) is 2.86. The van der Waals surface area contributed by atoms with Crippen molar-refractivity contribution >= 4 is 38.9 Å². The van der Waals surface area contributed by atoms with E-state index in [1.807, 2.05) is 43.3 Å². The lowest BCUT2D eigenvalue weighted by atomic mass is 10.2. The second-order valence-corrected chi connectivity index (χ2v) is 8.52. The third-order valence-corrected chi connectivity index (χ3v) is 5.73. The molecule has 0 spiro atoms. The lowest BCUT2D eigenvalue weighted by Gasteiger charge is -2.13. The smallest absolute Gasteiger partial charge is 0.279 e. The number of carbonyl (C=O) groups is 1. The van der Waals surface area contributed by atoms with Gasteiger partial charge in [-0.3, -0.25) is 14.6 Å². The lowest BCUT2D eigenvalue weighted by molar-refractivity contribution is 0.0947. The van der Waals surface area contributed by atoms with Gasteiger partial charge in [0.05, 0.1) is 11.8 Å². The van der Waals surface area contributed by atoms with Gasteiger partial charge in [-0.15, -0.1) is 0 Å².